The van der Waals surface area contributed by atoms with Gasteiger partial charge in [-0.25, -0.2) is 0 Å². The average Bonchev–Trinajstić information content (AvgIpc) is 3.53. The monoisotopic (exact) mass is 538 g/mol. The molecule has 1 fully saturated rings. The molecule has 0 unspecified atom stereocenters. The van der Waals surface area contributed by atoms with Gasteiger partial charge in [-0.1, -0.05) is 130 Å². The van der Waals surface area contributed by atoms with Crippen LogP contribution in [0.25, 0.3) is 0 Å². The van der Waals surface area contributed by atoms with Gasteiger partial charge in [-0.05, 0) is 55.9 Å². The van der Waals surface area contributed by atoms with Crippen molar-refractivity contribution in [3.63, 3.8) is 0 Å². The molecule has 0 aromatic heterocycles. The average molecular weight is 538 g/mol. The van der Waals surface area contributed by atoms with Crippen LogP contribution in [0.1, 0.15) is 45.4 Å². The third-order valence-electron chi connectivity index (χ3n) is 4.98. The molecule has 1 saturated carbocycles. The Bertz CT molecular complexity index is 780. The van der Waals surface area contributed by atoms with E-state index in [2.05, 4.69) is 105 Å². The van der Waals surface area contributed by atoms with Gasteiger partial charge < -0.3 is 4.79 Å². The fourth-order valence-corrected chi connectivity index (χ4v) is 5.61. The molecular formula is C32H35FeO2P+. The van der Waals surface area contributed by atoms with Crippen molar-refractivity contribution in [1.82, 2.24) is 0 Å². The van der Waals surface area contributed by atoms with Gasteiger partial charge in [-0.15, -0.1) is 0 Å². The Morgan fingerprint density at radius 2 is 0.944 bits per heavy atom. The van der Waals surface area contributed by atoms with Gasteiger partial charge in [0, 0.05) is 0 Å². The van der Waals surface area contributed by atoms with Crippen LogP contribution in [-0.4, -0.2) is 6.29 Å². The molecule has 5 radical (unpaired) electrons. The number of rotatable bonds is 9. The molecule has 0 bridgehead atoms. The summed E-state index contributed by atoms with van der Waals surface area (Å²) in [4.78, 5) is 9.71. The first kappa shape index (κ1) is 34.0. The summed E-state index contributed by atoms with van der Waals surface area (Å²) in [6.45, 7) is 6.69. The number of hydrogen-bond donors (Lipinski definition) is 0. The smallest absolute Gasteiger partial charge is 0.0622 e. The van der Waals surface area contributed by atoms with Crippen molar-refractivity contribution in [1.29, 1.82) is 0 Å². The Balaban J connectivity index is 0.000000603. The zero-order valence-corrected chi connectivity index (χ0v) is 22.9. The van der Waals surface area contributed by atoms with E-state index < -0.39 is 7.92 Å². The molecule has 0 N–H and O–H groups in total. The van der Waals surface area contributed by atoms with Crippen LogP contribution in [0.5, 0.6) is 0 Å². The molecule has 0 atom stereocenters. The van der Waals surface area contributed by atoms with E-state index in [9.17, 15) is 4.79 Å². The van der Waals surface area contributed by atoms with E-state index in [0.717, 1.165) is 6.42 Å². The zero-order chi connectivity index (χ0) is 25.4. The van der Waals surface area contributed by atoms with E-state index >= 15 is 0 Å². The summed E-state index contributed by atoms with van der Waals surface area (Å²) >= 11 is 0. The maximum Gasteiger partial charge on any atom is 2.00 e. The molecule has 0 spiro atoms. The Labute approximate surface area is 231 Å². The van der Waals surface area contributed by atoms with E-state index in [1.807, 2.05) is 38.4 Å². The largest absolute Gasteiger partial charge is 2.00 e. The molecule has 0 aliphatic heterocycles. The molecule has 0 amide bonds. The summed E-state index contributed by atoms with van der Waals surface area (Å²) in [6, 6.07) is 32.3. The molecular weight excluding hydrogens is 503 g/mol. The Morgan fingerprint density at radius 3 is 1.25 bits per heavy atom. The maximum absolute atomic E-state index is 9.71. The quantitative estimate of drug-likeness (QED) is 0.0962. The molecule has 4 rings (SSSR count). The SMILES string of the molecule is CCCCCCC[C-]=O.[C-]#[O+].[CH]1[CH][CH][CH][CH]1.[Fe+2].c1ccc(P(c2ccccc2)c2ccccc2)cc1. The van der Waals surface area contributed by atoms with E-state index in [4.69, 9.17) is 4.65 Å². The Hall–Kier alpha value is -1.98. The molecule has 36 heavy (non-hydrogen) atoms. The molecule has 0 saturated heterocycles. The third kappa shape index (κ3) is 15.2. The summed E-state index contributed by atoms with van der Waals surface area (Å²) in [7, 11) is -0.446. The van der Waals surface area contributed by atoms with Crippen LogP contribution >= 0.6 is 7.92 Å². The minimum Gasteiger partial charge on any atom is -0.0622 e. The first-order valence-corrected chi connectivity index (χ1v) is 13.4. The van der Waals surface area contributed by atoms with Gasteiger partial charge in [0.2, 0.25) is 0 Å². The standard InChI is InChI=1S/C18H15P.C8H15O.C5H5.CO.Fe/c1-4-10-16(11-5-1)19(17-12-6-2-7-13-17)18-14-8-3-9-15-18;1-2-3-4-5-6-7-8-9;1-2-4-5-3-1;1-2;/h1-15H;2-7H2,1H3;1-5H;;/q;-1;;;+2. The predicted molar refractivity (Wildman–Crippen MR) is 150 cm³/mol. The number of hydrogen-bond acceptors (Lipinski definition) is 1. The second-order valence-corrected chi connectivity index (χ2v) is 9.83. The maximum atomic E-state index is 9.71. The molecule has 3 aromatic rings. The first-order chi connectivity index (χ1) is 17.4. The topological polar surface area (TPSA) is 37.0 Å². The molecule has 4 heteroatoms. The third-order valence-corrected chi connectivity index (χ3v) is 7.42. The first-order valence-electron chi connectivity index (χ1n) is 12.0. The van der Waals surface area contributed by atoms with Gasteiger partial charge in [0.15, 0.2) is 0 Å². The van der Waals surface area contributed by atoms with E-state index in [1.54, 1.807) is 0 Å². The number of carbonyl (C=O) groups excluding carboxylic acids is 1. The molecule has 3 aromatic carbocycles. The van der Waals surface area contributed by atoms with Crippen molar-refractivity contribution < 1.29 is 26.5 Å². The minimum absolute atomic E-state index is 0. The van der Waals surface area contributed by atoms with Crippen LogP contribution in [0.3, 0.4) is 0 Å². The normalized spacial score (nSPS) is 11.3. The van der Waals surface area contributed by atoms with Crippen molar-refractivity contribution in [2.75, 3.05) is 0 Å². The molecule has 2 nitrogen and oxygen atoms in total. The molecule has 187 valence electrons. The zero-order valence-electron chi connectivity index (χ0n) is 20.9. The van der Waals surface area contributed by atoms with Crippen LogP contribution in [0.2, 0.25) is 0 Å². The Morgan fingerprint density at radius 1 is 0.611 bits per heavy atom. The summed E-state index contributed by atoms with van der Waals surface area (Å²) in [5, 5.41) is 4.19. The minimum atomic E-state index is -0.446. The molecule has 1 aliphatic carbocycles. The van der Waals surface area contributed by atoms with Crippen LogP contribution in [-0.2, 0) is 26.5 Å². The Kier molecular flexibility index (Phi) is 23.3. The van der Waals surface area contributed by atoms with Crippen molar-refractivity contribution in [3.8, 4) is 0 Å². The fraction of sp³-hybridized carbons (Fsp3) is 0.219. The summed E-state index contributed by atoms with van der Waals surface area (Å²) in [6.07, 6.45) is 18.6. The van der Waals surface area contributed by atoms with Crippen LogP contribution in [0, 0.1) is 38.8 Å². The van der Waals surface area contributed by atoms with Gasteiger partial charge in [0.05, 0.1) is 0 Å². The van der Waals surface area contributed by atoms with Crippen molar-refractivity contribution in [2.45, 2.75) is 45.4 Å². The summed E-state index contributed by atoms with van der Waals surface area (Å²) < 4.78 is 7.50. The summed E-state index contributed by atoms with van der Waals surface area (Å²) in [5.41, 5.74) is 0. The van der Waals surface area contributed by atoms with Gasteiger partial charge in [-0.3, -0.25) is 6.29 Å². The van der Waals surface area contributed by atoms with Gasteiger partial charge in [0.25, 0.3) is 0 Å². The van der Waals surface area contributed by atoms with Crippen LogP contribution in [0.4, 0.5) is 0 Å². The van der Waals surface area contributed by atoms with Crippen molar-refractivity contribution >= 4 is 30.1 Å². The van der Waals surface area contributed by atoms with Crippen molar-refractivity contribution in [2.24, 2.45) is 0 Å². The van der Waals surface area contributed by atoms with Gasteiger partial charge >= 0.3 is 28.4 Å². The van der Waals surface area contributed by atoms with Gasteiger partial charge in [-0.2, -0.15) is 6.42 Å². The second kappa shape index (κ2) is 24.7. The molecule has 0 heterocycles. The van der Waals surface area contributed by atoms with Gasteiger partial charge in [0.1, 0.15) is 0 Å². The van der Waals surface area contributed by atoms with E-state index in [0.29, 0.717) is 6.42 Å². The second-order valence-electron chi connectivity index (χ2n) is 7.61. The number of unbranched alkanes of at least 4 members (excludes halogenated alkanes) is 5. The molecule has 1 aliphatic rings. The summed E-state index contributed by atoms with van der Waals surface area (Å²) in [5.74, 6) is 0. The predicted octanol–water partition coefficient (Wildman–Crippen LogP) is 6.88. The van der Waals surface area contributed by atoms with Crippen LogP contribution < -0.4 is 15.9 Å². The van der Waals surface area contributed by atoms with E-state index in [-0.39, 0.29) is 17.1 Å². The fourth-order valence-electron chi connectivity index (χ4n) is 3.30. The number of benzene rings is 3. The van der Waals surface area contributed by atoms with Crippen LogP contribution in [0.15, 0.2) is 91.0 Å². The van der Waals surface area contributed by atoms with Crippen molar-refractivity contribution in [3.05, 3.63) is 130 Å². The van der Waals surface area contributed by atoms with E-state index in [1.165, 1.54) is 41.6 Å².